The van der Waals surface area contributed by atoms with Crippen molar-refractivity contribution in [3.8, 4) is 0 Å². The molecular weight excluding hydrogens is 268 g/mol. The molecule has 1 saturated heterocycles. The van der Waals surface area contributed by atoms with E-state index in [9.17, 15) is 4.79 Å². The Labute approximate surface area is 124 Å². The molecule has 1 aromatic rings. The topological polar surface area (TPSA) is 87.4 Å². The Bertz CT molecular complexity index is 481. The molecule has 114 valence electrons. The monoisotopic (exact) mass is 290 g/mol. The van der Waals surface area contributed by atoms with E-state index in [0.717, 1.165) is 51.5 Å². The van der Waals surface area contributed by atoms with Crippen LogP contribution in [-0.4, -0.2) is 65.6 Å². The van der Waals surface area contributed by atoms with Crippen molar-refractivity contribution in [2.24, 2.45) is 5.73 Å². The van der Waals surface area contributed by atoms with Crippen LogP contribution in [0.5, 0.6) is 0 Å². The molecule has 0 atom stereocenters. The van der Waals surface area contributed by atoms with E-state index in [1.54, 1.807) is 12.4 Å². The molecule has 3 N–H and O–H groups in total. The van der Waals surface area contributed by atoms with Gasteiger partial charge in [0.15, 0.2) is 0 Å². The quantitative estimate of drug-likeness (QED) is 0.739. The van der Waals surface area contributed by atoms with Crippen LogP contribution in [0.4, 0.5) is 5.95 Å². The highest BCUT2D eigenvalue weighted by molar-refractivity contribution is 5.88. The fraction of sp³-hybridized carbons (Fsp3) is 0.643. The first-order valence-corrected chi connectivity index (χ1v) is 7.49. The van der Waals surface area contributed by atoms with Gasteiger partial charge in [-0.1, -0.05) is 0 Å². The van der Waals surface area contributed by atoms with Gasteiger partial charge in [0.1, 0.15) is 0 Å². The van der Waals surface area contributed by atoms with Crippen molar-refractivity contribution in [1.29, 1.82) is 0 Å². The minimum Gasteiger partial charge on any atom is -0.353 e. The number of hydrogen-bond acceptors (Lipinski definition) is 6. The molecule has 0 bridgehead atoms. The molecule has 1 aliphatic carbocycles. The summed E-state index contributed by atoms with van der Waals surface area (Å²) in [7, 11) is 0. The normalized spacial score (nSPS) is 21.1. The lowest BCUT2D eigenvalue weighted by Gasteiger charge is -2.34. The van der Waals surface area contributed by atoms with Crippen LogP contribution in [-0.2, 0) is 4.79 Å². The van der Waals surface area contributed by atoms with Crippen molar-refractivity contribution in [3.63, 3.8) is 0 Å². The van der Waals surface area contributed by atoms with Gasteiger partial charge in [-0.05, 0) is 18.9 Å². The number of piperazine rings is 1. The molecule has 0 aromatic carbocycles. The lowest BCUT2D eigenvalue weighted by molar-refractivity contribution is -0.123. The summed E-state index contributed by atoms with van der Waals surface area (Å²) in [6.45, 7) is 5.28. The van der Waals surface area contributed by atoms with Crippen LogP contribution in [0.1, 0.15) is 12.8 Å². The maximum Gasteiger partial charge on any atom is 0.240 e. The van der Waals surface area contributed by atoms with E-state index in [-0.39, 0.29) is 5.91 Å². The number of rotatable bonds is 5. The van der Waals surface area contributed by atoms with Gasteiger partial charge >= 0.3 is 0 Å². The Hall–Kier alpha value is -1.73. The zero-order valence-electron chi connectivity index (χ0n) is 12.2. The van der Waals surface area contributed by atoms with Crippen molar-refractivity contribution in [2.75, 3.05) is 44.2 Å². The van der Waals surface area contributed by atoms with Crippen molar-refractivity contribution in [1.82, 2.24) is 20.2 Å². The van der Waals surface area contributed by atoms with Crippen molar-refractivity contribution < 1.29 is 4.79 Å². The minimum absolute atomic E-state index is 0.00109. The first kappa shape index (κ1) is 14.2. The van der Waals surface area contributed by atoms with E-state index in [4.69, 9.17) is 5.73 Å². The van der Waals surface area contributed by atoms with Crippen LogP contribution in [0, 0.1) is 0 Å². The molecule has 1 amide bonds. The van der Waals surface area contributed by atoms with E-state index in [0.29, 0.717) is 6.54 Å². The molecule has 0 unspecified atom stereocenters. The van der Waals surface area contributed by atoms with E-state index < -0.39 is 5.54 Å². The summed E-state index contributed by atoms with van der Waals surface area (Å²) >= 11 is 0. The standard InChI is InChI=1S/C14H22N6O/c15-14(2-3-14)12(21)16-6-7-19-8-10-20(11-9-19)13-17-4-1-5-18-13/h1,4-5H,2-3,6-11,15H2,(H,16,21). The molecule has 1 aromatic heterocycles. The zero-order valence-corrected chi connectivity index (χ0v) is 12.2. The Morgan fingerprint density at radius 3 is 2.52 bits per heavy atom. The van der Waals surface area contributed by atoms with Gasteiger partial charge in [0.25, 0.3) is 0 Å². The molecule has 1 saturated carbocycles. The third-order valence-corrected chi connectivity index (χ3v) is 4.16. The fourth-order valence-corrected chi connectivity index (χ4v) is 2.49. The highest BCUT2D eigenvalue weighted by Crippen LogP contribution is 2.31. The zero-order chi connectivity index (χ0) is 14.7. The van der Waals surface area contributed by atoms with Crippen molar-refractivity contribution in [3.05, 3.63) is 18.5 Å². The number of carbonyl (C=O) groups excluding carboxylic acids is 1. The van der Waals surface area contributed by atoms with Crippen LogP contribution in [0.25, 0.3) is 0 Å². The lowest BCUT2D eigenvalue weighted by Crippen LogP contribution is -2.50. The summed E-state index contributed by atoms with van der Waals surface area (Å²) in [6, 6.07) is 1.83. The molecular formula is C14H22N6O. The third kappa shape index (κ3) is 3.48. The number of nitrogens with two attached hydrogens (primary N) is 1. The van der Waals surface area contributed by atoms with Crippen LogP contribution < -0.4 is 16.0 Å². The van der Waals surface area contributed by atoms with Crippen molar-refractivity contribution >= 4 is 11.9 Å². The average molecular weight is 290 g/mol. The second-order valence-electron chi connectivity index (χ2n) is 5.79. The molecule has 1 aliphatic heterocycles. The molecule has 0 radical (unpaired) electrons. The second kappa shape index (κ2) is 5.95. The number of nitrogens with one attached hydrogen (secondary N) is 1. The number of aromatic nitrogens is 2. The summed E-state index contributed by atoms with van der Waals surface area (Å²) in [6.07, 6.45) is 5.17. The second-order valence-corrected chi connectivity index (χ2v) is 5.79. The maximum absolute atomic E-state index is 11.7. The SMILES string of the molecule is NC1(C(=O)NCCN2CCN(c3ncccn3)CC2)CC1. The highest BCUT2D eigenvalue weighted by Gasteiger charge is 2.45. The first-order valence-electron chi connectivity index (χ1n) is 7.49. The van der Waals surface area contributed by atoms with E-state index in [1.165, 1.54) is 0 Å². The molecule has 3 rings (SSSR count). The van der Waals surface area contributed by atoms with Gasteiger partial charge in [0.05, 0.1) is 5.54 Å². The number of nitrogens with zero attached hydrogens (tertiary/aromatic N) is 4. The van der Waals surface area contributed by atoms with Crippen molar-refractivity contribution in [2.45, 2.75) is 18.4 Å². The molecule has 2 fully saturated rings. The average Bonchev–Trinajstić information content (AvgIpc) is 3.28. The van der Waals surface area contributed by atoms with Gasteiger partial charge in [0.2, 0.25) is 11.9 Å². The number of amides is 1. The van der Waals surface area contributed by atoms with Crippen LogP contribution in [0.3, 0.4) is 0 Å². The van der Waals surface area contributed by atoms with E-state index >= 15 is 0 Å². The largest absolute Gasteiger partial charge is 0.353 e. The molecule has 2 aliphatic rings. The number of anilines is 1. The Balaban J connectivity index is 1.37. The lowest BCUT2D eigenvalue weighted by atomic mass is 10.2. The highest BCUT2D eigenvalue weighted by atomic mass is 16.2. The van der Waals surface area contributed by atoms with Gasteiger partial charge in [-0.15, -0.1) is 0 Å². The van der Waals surface area contributed by atoms with Gasteiger partial charge in [-0.25, -0.2) is 9.97 Å². The van der Waals surface area contributed by atoms with E-state index in [1.807, 2.05) is 6.07 Å². The summed E-state index contributed by atoms with van der Waals surface area (Å²) in [5, 5.41) is 2.93. The molecule has 21 heavy (non-hydrogen) atoms. The summed E-state index contributed by atoms with van der Waals surface area (Å²) in [5.41, 5.74) is 5.28. The Kier molecular flexibility index (Phi) is 4.03. The van der Waals surface area contributed by atoms with Crippen LogP contribution >= 0.6 is 0 Å². The smallest absolute Gasteiger partial charge is 0.240 e. The predicted octanol–water partition coefficient (Wildman–Crippen LogP) is -0.794. The minimum atomic E-state index is -0.566. The molecule has 0 spiro atoms. The first-order chi connectivity index (χ1) is 10.2. The molecule has 7 heteroatoms. The van der Waals surface area contributed by atoms with E-state index in [2.05, 4.69) is 25.1 Å². The third-order valence-electron chi connectivity index (χ3n) is 4.16. The molecule has 2 heterocycles. The predicted molar refractivity (Wildman–Crippen MR) is 79.8 cm³/mol. The van der Waals surface area contributed by atoms with Gasteiger partial charge in [0, 0.05) is 51.7 Å². The maximum atomic E-state index is 11.7. The Morgan fingerprint density at radius 2 is 1.90 bits per heavy atom. The Morgan fingerprint density at radius 1 is 1.24 bits per heavy atom. The summed E-state index contributed by atoms with van der Waals surface area (Å²) in [4.78, 5) is 24.8. The van der Waals surface area contributed by atoms with Crippen LogP contribution in [0.2, 0.25) is 0 Å². The van der Waals surface area contributed by atoms with Gasteiger partial charge in [-0.2, -0.15) is 0 Å². The number of hydrogen-bond donors (Lipinski definition) is 2. The van der Waals surface area contributed by atoms with Crippen LogP contribution in [0.15, 0.2) is 18.5 Å². The fourth-order valence-electron chi connectivity index (χ4n) is 2.49. The van der Waals surface area contributed by atoms with Gasteiger partial charge in [-0.3, -0.25) is 9.69 Å². The summed E-state index contributed by atoms with van der Waals surface area (Å²) in [5.74, 6) is 0.795. The summed E-state index contributed by atoms with van der Waals surface area (Å²) < 4.78 is 0. The number of carbonyl (C=O) groups is 1. The van der Waals surface area contributed by atoms with Gasteiger partial charge < -0.3 is 16.0 Å². The molecule has 7 nitrogen and oxygen atoms in total.